The molecule has 3 N–H and O–H groups in total. The summed E-state index contributed by atoms with van der Waals surface area (Å²) < 4.78 is 26.7. The summed E-state index contributed by atoms with van der Waals surface area (Å²) >= 11 is 0. The highest BCUT2D eigenvalue weighted by atomic mass is 19.1. The van der Waals surface area contributed by atoms with Gasteiger partial charge in [0.1, 0.15) is 0 Å². The van der Waals surface area contributed by atoms with Crippen LogP contribution in [0.4, 0.5) is 20.4 Å². The number of nitrogens with one attached hydrogen (secondary N) is 2. The summed E-state index contributed by atoms with van der Waals surface area (Å²) in [6.07, 6.45) is 0.800. The van der Waals surface area contributed by atoms with E-state index in [0.717, 1.165) is 6.07 Å². The second-order valence-corrected chi connectivity index (χ2v) is 4.15. The Morgan fingerprint density at radius 2 is 2.00 bits per heavy atom. The summed E-state index contributed by atoms with van der Waals surface area (Å²) in [4.78, 5) is 3.85. The lowest BCUT2D eigenvalue weighted by Gasteiger charge is -2.32. The first kappa shape index (κ1) is 12.0. The lowest BCUT2D eigenvalue weighted by Crippen LogP contribution is -2.39. The van der Waals surface area contributed by atoms with Crippen molar-refractivity contribution >= 4 is 11.6 Å². The quantitative estimate of drug-likeness (QED) is 0.753. The Balaban J connectivity index is 2.12. The van der Waals surface area contributed by atoms with Crippen molar-refractivity contribution in [1.29, 1.82) is 0 Å². The number of hydrogen-bond donors (Lipinski definition) is 3. The van der Waals surface area contributed by atoms with Crippen molar-refractivity contribution in [3.8, 4) is 0 Å². The van der Waals surface area contributed by atoms with Crippen molar-refractivity contribution < 1.29 is 13.9 Å². The Kier molecular flexibility index (Phi) is 3.42. The number of aromatic nitrogens is 1. The van der Waals surface area contributed by atoms with Gasteiger partial charge in [-0.3, -0.25) is 0 Å². The third-order valence-corrected chi connectivity index (χ3v) is 2.73. The van der Waals surface area contributed by atoms with Gasteiger partial charge in [-0.2, -0.15) is 0 Å². The van der Waals surface area contributed by atoms with Gasteiger partial charge in [0.05, 0.1) is 6.10 Å². The minimum Gasteiger partial charge on any atom is -0.393 e. The Hall–Kier alpha value is -1.43. The molecular formula is C11H15F2N3O. The molecule has 1 fully saturated rings. The fourth-order valence-electron chi connectivity index (χ4n) is 1.76. The van der Waals surface area contributed by atoms with Crippen LogP contribution in [-0.2, 0) is 0 Å². The summed E-state index contributed by atoms with van der Waals surface area (Å²) in [5.41, 5.74) is 0. The molecule has 0 unspecified atom stereocenters. The molecule has 0 aromatic carbocycles. The fourth-order valence-corrected chi connectivity index (χ4v) is 1.76. The fraction of sp³-hybridized carbons (Fsp3) is 0.545. The minimum atomic E-state index is -0.717. The van der Waals surface area contributed by atoms with Gasteiger partial charge in [0, 0.05) is 18.7 Å². The predicted molar refractivity (Wildman–Crippen MR) is 61.0 cm³/mol. The zero-order chi connectivity index (χ0) is 12.4. The third-order valence-electron chi connectivity index (χ3n) is 2.73. The van der Waals surface area contributed by atoms with Crippen LogP contribution in [0.15, 0.2) is 6.07 Å². The molecule has 0 spiro atoms. The van der Waals surface area contributed by atoms with E-state index in [0.29, 0.717) is 19.4 Å². The lowest BCUT2D eigenvalue weighted by atomic mass is 9.89. The van der Waals surface area contributed by atoms with E-state index in [1.807, 2.05) is 0 Å². The lowest BCUT2D eigenvalue weighted by molar-refractivity contribution is 0.0834. The average molecular weight is 243 g/mol. The van der Waals surface area contributed by atoms with Gasteiger partial charge in [0.15, 0.2) is 23.3 Å². The van der Waals surface area contributed by atoms with Crippen LogP contribution < -0.4 is 10.6 Å². The highest BCUT2D eigenvalue weighted by Crippen LogP contribution is 2.26. The molecule has 0 aliphatic heterocycles. The molecule has 1 heterocycles. The van der Waals surface area contributed by atoms with E-state index >= 15 is 0 Å². The molecule has 1 aromatic rings. The van der Waals surface area contributed by atoms with Crippen LogP contribution in [-0.4, -0.2) is 28.8 Å². The van der Waals surface area contributed by atoms with Crippen molar-refractivity contribution in [3.05, 3.63) is 17.7 Å². The first-order valence-corrected chi connectivity index (χ1v) is 5.64. The number of anilines is 2. The molecule has 1 saturated carbocycles. The summed E-state index contributed by atoms with van der Waals surface area (Å²) in [6.45, 7) is 2.32. The topological polar surface area (TPSA) is 57.2 Å². The Bertz CT molecular complexity index is 408. The van der Waals surface area contributed by atoms with Crippen molar-refractivity contribution in [2.45, 2.75) is 31.9 Å². The van der Waals surface area contributed by atoms with Crippen LogP contribution in [0.5, 0.6) is 0 Å². The minimum absolute atomic E-state index is 0.00642. The Morgan fingerprint density at radius 1 is 1.35 bits per heavy atom. The van der Waals surface area contributed by atoms with Crippen LogP contribution in [0.1, 0.15) is 19.8 Å². The first-order valence-electron chi connectivity index (χ1n) is 5.64. The maximum Gasteiger partial charge on any atom is 0.168 e. The number of nitrogens with zero attached hydrogens (tertiary/aromatic N) is 1. The van der Waals surface area contributed by atoms with Crippen LogP contribution in [0.25, 0.3) is 0 Å². The van der Waals surface area contributed by atoms with Gasteiger partial charge in [-0.25, -0.2) is 13.8 Å². The number of aliphatic hydroxyl groups excluding tert-OH is 1. The van der Waals surface area contributed by atoms with Gasteiger partial charge in [-0.05, 0) is 19.8 Å². The molecule has 0 atom stereocenters. The monoisotopic (exact) mass is 243 g/mol. The smallest absolute Gasteiger partial charge is 0.168 e. The molecule has 6 heteroatoms. The maximum atomic E-state index is 13.4. The largest absolute Gasteiger partial charge is 0.393 e. The van der Waals surface area contributed by atoms with Gasteiger partial charge in [0.25, 0.3) is 0 Å². The van der Waals surface area contributed by atoms with Crippen molar-refractivity contribution in [1.82, 2.24) is 4.98 Å². The van der Waals surface area contributed by atoms with Crippen LogP contribution in [0.3, 0.4) is 0 Å². The van der Waals surface area contributed by atoms with Gasteiger partial charge in [-0.1, -0.05) is 0 Å². The molecule has 1 aromatic heterocycles. The van der Waals surface area contributed by atoms with Gasteiger partial charge < -0.3 is 15.7 Å². The number of hydrogen-bond acceptors (Lipinski definition) is 4. The van der Waals surface area contributed by atoms with E-state index < -0.39 is 11.6 Å². The molecule has 1 aliphatic rings. The van der Waals surface area contributed by atoms with E-state index in [1.54, 1.807) is 6.92 Å². The van der Waals surface area contributed by atoms with Gasteiger partial charge >= 0.3 is 0 Å². The van der Waals surface area contributed by atoms with E-state index in [2.05, 4.69) is 15.6 Å². The first-order chi connectivity index (χ1) is 8.10. The van der Waals surface area contributed by atoms with Crippen LogP contribution in [0, 0.1) is 11.6 Å². The molecular weight excluding hydrogens is 228 g/mol. The van der Waals surface area contributed by atoms with E-state index in [9.17, 15) is 8.78 Å². The molecule has 0 amide bonds. The second kappa shape index (κ2) is 4.83. The van der Waals surface area contributed by atoms with Crippen molar-refractivity contribution in [3.63, 3.8) is 0 Å². The van der Waals surface area contributed by atoms with Crippen LogP contribution >= 0.6 is 0 Å². The van der Waals surface area contributed by atoms with Crippen molar-refractivity contribution in [2.24, 2.45) is 0 Å². The predicted octanol–water partition coefficient (Wildman–Crippen LogP) is 1.73. The molecule has 17 heavy (non-hydrogen) atoms. The molecule has 2 rings (SSSR count). The Labute approximate surface area is 98.1 Å². The molecule has 1 aliphatic carbocycles. The number of rotatable bonds is 4. The molecule has 0 saturated heterocycles. The van der Waals surface area contributed by atoms with E-state index in [1.165, 1.54) is 0 Å². The standard InChI is InChI=1S/C11H15F2N3O/c1-2-14-10-8(12)5-9(13)11(16-10)15-6-3-7(17)4-6/h5-7,17H,2-4H2,1H3,(H2,14,15,16). The van der Waals surface area contributed by atoms with Gasteiger partial charge in [-0.15, -0.1) is 0 Å². The highest BCUT2D eigenvalue weighted by molar-refractivity contribution is 5.48. The summed E-state index contributed by atoms with van der Waals surface area (Å²) in [7, 11) is 0. The maximum absolute atomic E-state index is 13.4. The molecule has 94 valence electrons. The number of pyridine rings is 1. The second-order valence-electron chi connectivity index (χ2n) is 4.15. The average Bonchev–Trinajstić information content (AvgIpc) is 2.22. The molecule has 0 bridgehead atoms. The highest BCUT2D eigenvalue weighted by Gasteiger charge is 2.28. The van der Waals surface area contributed by atoms with Crippen molar-refractivity contribution in [2.75, 3.05) is 17.2 Å². The Morgan fingerprint density at radius 3 is 2.59 bits per heavy atom. The van der Waals surface area contributed by atoms with Crippen LogP contribution in [0.2, 0.25) is 0 Å². The third kappa shape index (κ3) is 2.63. The normalized spacial score (nSPS) is 23.1. The molecule has 4 nitrogen and oxygen atoms in total. The number of aliphatic hydroxyl groups is 1. The summed E-state index contributed by atoms with van der Waals surface area (Å²) in [6, 6.07) is 0.814. The zero-order valence-electron chi connectivity index (χ0n) is 9.50. The van der Waals surface area contributed by atoms with Gasteiger partial charge in [0.2, 0.25) is 0 Å². The zero-order valence-corrected chi connectivity index (χ0v) is 9.50. The number of halogens is 2. The molecule has 0 radical (unpaired) electrons. The summed E-state index contributed by atoms with van der Waals surface area (Å²) in [5.74, 6) is -1.36. The van der Waals surface area contributed by atoms with E-state index in [-0.39, 0.29) is 23.8 Å². The SMILES string of the molecule is CCNc1nc(NC2CC(O)C2)c(F)cc1F. The van der Waals surface area contributed by atoms with E-state index in [4.69, 9.17) is 5.11 Å². The summed E-state index contributed by atoms with van der Waals surface area (Å²) in [5, 5.41) is 14.7.